The molecule has 1 atom stereocenters. The molecule has 19 heavy (non-hydrogen) atoms. The predicted molar refractivity (Wildman–Crippen MR) is 80.1 cm³/mol. The maximum absolute atomic E-state index is 4.28. The summed E-state index contributed by atoms with van der Waals surface area (Å²) in [7, 11) is 0. The van der Waals surface area contributed by atoms with Crippen LogP contribution in [0.3, 0.4) is 0 Å². The molecule has 1 aromatic heterocycles. The molecule has 2 heterocycles. The average Bonchev–Trinajstić information content (AvgIpc) is 2.40. The van der Waals surface area contributed by atoms with E-state index in [-0.39, 0.29) is 0 Å². The third-order valence-electron chi connectivity index (χ3n) is 4.20. The first kappa shape index (κ1) is 14.5. The summed E-state index contributed by atoms with van der Waals surface area (Å²) in [5.74, 6) is 0.840. The van der Waals surface area contributed by atoms with E-state index in [9.17, 15) is 0 Å². The van der Waals surface area contributed by atoms with Crippen molar-refractivity contribution < 1.29 is 0 Å². The average molecular weight is 261 g/mol. The zero-order valence-corrected chi connectivity index (χ0v) is 12.5. The quantitative estimate of drug-likeness (QED) is 0.883. The fourth-order valence-electron chi connectivity index (χ4n) is 3.06. The van der Waals surface area contributed by atoms with Gasteiger partial charge >= 0.3 is 0 Å². The number of likely N-dealkylation sites (tertiary alicyclic amines) is 1. The lowest BCUT2D eigenvalue weighted by Gasteiger charge is -2.35. The zero-order chi connectivity index (χ0) is 13.7. The van der Waals surface area contributed by atoms with Crippen LogP contribution in [0, 0.1) is 12.8 Å². The summed E-state index contributed by atoms with van der Waals surface area (Å²) < 4.78 is 0. The first-order valence-corrected chi connectivity index (χ1v) is 7.55. The van der Waals surface area contributed by atoms with Gasteiger partial charge in [0.25, 0.3) is 0 Å². The SMILES string of the molecule is CCNC(C)C1CCN(Cc2cncc(C)c2)CC1. The van der Waals surface area contributed by atoms with Crippen LogP contribution in [0.5, 0.6) is 0 Å². The van der Waals surface area contributed by atoms with Crippen LogP contribution >= 0.6 is 0 Å². The van der Waals surface area contributed by atoms with Gasteiger partial charge in [-0.15, -0.1) is 0 Å². The summed E-state index contributed by atoms with van der Waals surface area (Å²) >= 11 is 0. The Morgan fingerprint density at radius 3 is 2.74 bits per heavy atom. The molecule has 106 valence electrons. The van der Waals surface area contributed by atoms with Crippen LogP contribution in [0.1, 0.15) is 37.8 Å². The van der Waals surface area contributed by atoms with Crippen molar-refractivity contribution in [1.29, 1.82) is 0 Å². The van der Waals surface area contributed by atoms with E-state index in [1.165, 1.54) is 37.1 Å². The normalized spacial score (nSPS) is 19.5. The number of aromatic nitrogens is 1. The minimum atomic E-state index is 0.660. The van der Waals surface area contributed by atoms with Gasteiger partial charge in [-0.3, -0.25) is 9.88 Å². The van der Waals surface area contributed by atoms with Gasteiger partial charge in [0, 0.05) is 25.0 Å². The second kappa shape index (κ2) is 7.01. The van der Waals surface area contributed by atoms with Crippen LogP contribution in [0.25, 0.3) is 0 Å². The van der Waals surface area contributed by atoms with Gasteiger partial charge < -0.3 is 5.32 Å². The van der Waals surface area contributed by atoms with Crippen LogP contribution in [0.2, 0.25) is 0 Å². The van der Waals surface area contributed by atoms with E-state index in [4.69, 9.17) is 0 Å². The summed E-state index contributed by atoms with van der Waals surface area (Å²) in [6.45, 7) is 11.2. The molecule has 0 spiro atoms. The Balaban J connectivity index is 1.80. The Morgan fingerprint density at radius 2 is 2.11 bits per heavy atom. The van der Waals surface area contributed by atoms with Gasteiger partial charge in [0.15, 0.2) is 0 Å². The van der Waals surface area contributed by atoms with E-state index in [1.54, 1.807) is 0 Å². The van der Waals surface area contributed by atoms with E-state index in [0.29, 0.717) is 6.04 Å². The number of nitrogens with zero attached hydrogens (tertiary/aromatic N) is 2. The number of pyridine rings is 1. The molecule has 1 aliphatic rings. The molecule has 1 aliphatic heterocycles. The summed E-state index contributed by atoms with van der Waals surface area (Å²) in [5.41, 5.74) is 2.60. The van der Waals surface area contributed by atoms with Gasteiger partial charge in [0.1, 0.15) is 0 Å². The second-order valence-electron chi connectivity index (χ2n) is 5.83. The molecule has 0 amide bonds. The molecule has 0 aliphatic carbocycles. The van der Waals surface area contributed by atoms with Crippen LogP contribution in [0.4, 0.5) is 0 Å². The summed E-state index contributed by atoms with van der Waals surface area (Å²) in [4.78, 5) is 6.84. The van der Waals surface area contributed by atoms with E-state index >= 15 is 0 Å². The Bertz CT molecular complexity index is 383. The molecule has 0 radical (unpaired) electrons. The van der Waals surface area contributed by atoms with Crippen LogP contribution in [0.15, 0.2) is 18.5 Å². The van der Waals surface area contributed by atoms with Crippen molar-refractivity contribution >= 4 is 0 Å². The van der Waals surface area contributed by atoms with Gasteiger partial charge in [0.2, 0.25) is 0 Å². The zero-order valence-electron chi connectivity index (χ0n) is 12.5. The lowest BCUT2D eigenvalue weighted by Crippen LogP contribution is -2.41. The Kier molecular flexibility index (Phi) is 5.34. The lowest BCUT2D eigenvalue weighted by atomic mass is 9.90. The minimum Gasteiger partial charge on any atom is -0.314 e. The van der Waals surface area contributed by atoms with Gasteiger partial charge in [-0.25, -0.2) is 0 Å². The number of rotatable bonds is 5. The van der Waals surface area contributed by atoms with Crippen molar-refractivity contribution in [2.75, 3.05) is 19.6 Å². The number of aryl methyl sites for hydroxylation is 1. The first-order chi connectivity index (χ1) is 9.19. The molecule has 1 unspecified atom stereocenters. The maximum Gasteiger partial charge on any atom is 0.0313 e. The Labute approximate surface area is 117 Å². The molecule has 1 saturated heterocycles. The number of hydrogen-bond donors (Lipinski definition) is 1. The number of hydrogen-bond acceptors (Lipinski definition) is 3. The highest BCUT2D eigenvalue weighted by atomic mass is 15.1. The van der Waals surface area contributed by atoms with Crippen molar-refractivity contribution in [3.63, 3.8) is 0 Å². The molecule has 1 fully saturated rings. The highest BCUT2D eigenvalue weighted by molar-refractivity contribution is 5.16. The maximum atomic E-state index is 4.28. The predicted octanol–water partition coefficient (Wildman–Crippen LogP) is 2.60. The molecule has 1 N–H and O–H groups in total. The molecular formula is C16H27N3. The van der Waals surface area contributed by atoms with E-state index in [0.717, 1.165) is 19.0 Å². The first-order valence-electron chi connectivity index (χ1n) is 7.55. The topological polar surface area (TPSA) is 28.2 Å². The van der Waals surface area contributed by atoms with Crippen molar-refractivity contribution in [3.8, 4) is 0 Å². The Hall–Kier alpha value is -0.930. The van der Waals surface area contributed by atoms with Crippen LogP contribution in [-0.4, -0.2) is 35.6 Å². The Morgan fingerprint density at radius 1 is 1.37 bits per heavy atom. The minimum absolute atomic E-state index is 0.660. The van der Waals surface area contributed by atoms with E-state index in [2.05, 4.69) is 42.0 Å². The molecule has 0 bridgehead atoms. The summed E-state index contributed by atoms with van der Waals surface area (Å²) in [6.07, 6.45) is 6.55. The summed E-state index contributed by atoms with van der Waals surface area (Å²) in [6, 6.07) is 2.91. The van der Waals surface area contributed by atoms with Gasteiger partial charge in [-0.2, -0.15) is 0 Å². The van der Waals surface area contributed by atoms with Crippen molar-refractivity contribution in [2.24, 2.45) is 5.92 Å². The fraction of sp³-hybridized carbons (Fsp3) is 0.688. The van der Waals surface area contributed by atoms with Crippen LogP contribution in [-0.2, 0) is 6.54 Å². The fourth-order valence-corrected chi connectivity index (χ4v) is 3.06. The van der Waals surface area contributed by atoms with Crippen molar-refractivity contribution in [1.82, 2.24) is 15.2 Å². The third kappa shape index (κ3) is 4.29. The molecule has 1 aromatic rings. The highest BCUT2D eigenvalue weighted by Gasteiger charge is 2.23. The number of piperidine rings is 1. The molecule has 0 aromatic carbocycles. The highest BCUT2D eigenvalue weighted by Crippen LogP contribution is 2.21. The van der Waals surface area contributed by atoms with E-state index in [1.807, 2.05) is 12.4 Å². The van der Waals surface area contributed by atoms with Crippen molar-refractivity contribution in [2.45, 2.75) is 46.2 Å². The van der Waals surface area contributed by atoms with E-state index < -0.39 is 0 Å². The lowest BCUT2D eigenvalue weighted by molar-refractivity contribution is 0.157. The largest absolute Gasteiger partial charge is 0.314 e. The number of nitrogens with one attached hydrogen (secondary N) is 1. The molecule has 2 rings (SSSR count). The molecule has 3 heteroatoms. The molecule has 0 saturated carbocycles. The monoisotopic (exact) mass is 261 g/mol. The van der Waals surface area contributed by atoms with Crippen LogP contribution < -0.4 is 5.32 Å². The van der Waals surface area contributed by atoms with Gasteiger partial charge in [-0.05, 0) is 63.4 Å². The smallest absolute Gasteiger partial charge is 0.0313 e. The summed E-state index contributed by atoms with van der Waals surface area (Å²) in [5, 5.41) is 3.56. The second-order valence-corrected chi connectivity index (χ2v) is 5.83. The van der Waals surface area contributed by atoms with Gasteiger partial charge in [-0.1, -0.05) is 13.0 Å². The third-order valence-corrected chi connectivity index (χ3v) is 4.20. The standard InChI is InChI=1S/C16H27N3/c1-4-18-14(3)16-5-7-19(8-6-16)12-15-9-13(2)10-17-11-15/h9-11,14,16,18H,4-8,12H2,1-3H3. The molecular weight excluding hydrogens is 234 g/mol. The molecule has 3 nitrogen and oxygen atoms in total. The van der Waals surface area contributed by atoms with Crippen molar-refractivity contribution in [3.05, 3.63) is 29.6 Å². The van der Waals surface area contributed by atoms with Gasteiger partial charge in [0.05, 0.1) is 0 Å².